The van der Waals surface area contributed by atoms with Crippen molar-refractivity contribution in [2.24, 2.45) is 11.8 Å². The molecular weight excluding hydrogens is 365 g/mol. The molecule has 0 aromatic heterocycles. The average molecular weight is 398 g/mol. The summed E-state index contributed by atoms with van der Waals surface area (Å²) in [5.41, 5.74) is 2.06. The van der Waals surface area contributed by atoms with Gasteiger partial charge in [-0.3, -0.25) is 14.6 Å². The molecule has 1 N–H and O–H groups in total. The van der Waals surface area contributed by atoms with Crippen LogP contribution in [0.25, 0.3) is 0 Å². The largest absolute Gasteiger partial charge is 0.351 e. The number of amides is 1. The summed E-state index contributed by atoms with van der Waals surface area (Å²) in [7, 11) is 0. The van der Waals surface area contributed by atoms with Gasteiger partial charge in [-0.2, -0.15) is 0 Å². The normalized spacial score (nSPS) is 32.1. The number of hydrogen-bond acceptors (Lipinski definition) is 3. The molecule has 3 saturated heterocycles. The minimum atomic E-state index is -0.367. The number of benzene rings is 1. The fourth-order valence-corrected chi connectivity index (χ4v) is 6.38. The molecule has 4 aliphatic rings. The third kappa shape index (κ3) is 3.87. The van der Waals surface area contributed by atoms with Gasteiger partial charge >= 0.3 is 0 Å². The summed E-state index contributed by atoms with van der Waals surface area (Å²) in [6, 6.07) is 7.25. The van der Waals surface area contributed by atoms with E-state index in [1.54, 1.807) is 17.7 Å². The number of halogens is 1. The fourth-order valence-electron chi connectivity index (χ4n) is 6.38. The molecule has 29 heavy (non-hydrogen) atoms. The van der Waals surface area contributed by atoms with Crippen LogP contribution >= 0.6 is 0 Å². The first-order valence-electron chi connectivity index (χ1n) is 11.4. The Morgan fingerprint density at radius 2 is 2.14 bits per heavy atom. The van der Waals surface area contributed by atoms with Gasteiger partial charge in [0.15, 0.2) is 0 Å². The number of likely N-dealkylation sites (tertiary alicyclic amines) is 1. The number of nitrogens with one attached hydrogen (secondary N) is 1. The highest BCUT2D eigenvalue weighted by Crippen LogP contribution is 2.44. The summed E-state index contributed by atoms with van der Waals surface area (Å²) < 4.78 is 13.4. The molecule has 1 aromatic rings. The van der Waals surface area contributed by atoms with Crippen molar-refractivity contribution in [1.82, 2.24) is 15.1 Å². The van der Waals surface area contributed by atoms with E-state index in [-0.39, 0.29) is 11.7 Å². The molecule has 1 aliphatic carbocycles. The lowest BCUT2D eigenvalue weighted by molar-refractivity contribution is -0.000294. The lowest BCUT2D eigenvalue weighted by Gasteiger charge is -2.54. The fraction of sp³-hybridized carbons (Fsp3) is 0.625. The Labute approximate surface area is 173 Å². The Morgan fingerprint density at radius 1 is 1.21 bits per heavy atom. The van der Waals surface area contributed by atoms with Crippen molar-refractivity contribution in [3.8, 4) is 0 Å². The van der Waals surface area contributed by atoms with Crippen LogP contribution in [0.15, 0.2) is 35.9 Å². The molecule has 5 rings (SSSR count). The first kappa shape index (κ1) is 19.3. The molecule has 1 aromatic carbocycles. The van der Waals surface area contributed by atoms with E-state index in [1.165, 1.54) is 63.7 Å². The molecule has 0 unspecified atom stereocenters. The molecular formula is C24H32FN3O. The summed E-state index contributed by atoms with van der Waals surface area (Å²) in [5.74, 6) is 0.935. The monoisotopic (exact) mass is 397 g/mol. The quantitative estimate of drug-likeness (QED) is 0.791. The number of carbonyl (C=O) groups is 1. The molecule has 0 radical (unpaired) electrons. The Balaban J connectivity index is 1.23. The van der Waals surface area contributed by atoms with Crippen molar-refractivity contribution in [2.45, 2.75) is 50.6 Å². The van der Waals surface area contributed by atoms with Crippen molar-refractivity contribution in [3.05, 3.63) is 47.3 Å². The Morgan fingerprint density at radius 3 is 3.03 bits per heavy atom. The van der Waals surface area contributed by atoms with E-state index >= 15 is 0 Å². The molecule has 3 aliphatic heterocycles. The Bertz CT molecular complexity index is 794. The van der Waals surface area contributed by atoms with Gasteiger partial charge in [-0.05, 0) is 75.2 Å². The van der Waals surface area contributed by atoms with Gasteiger partial charge in [0, 0.05) is 37.3 Å². The van der Waals surface area contributed by atoms with Crippen LogP contribution in [0.2, 0.25) is 0 Å². The van der Waals surface area contributed by atoms with Gasteiger partial charge < -0.3 is 5.32 Å². The highest BCUT2D eigenvalue weighted by Gasteiger charge is 2.45. The lowest BCUT2D eigenvalue weighted by Crippen LogP contribution is -2.59. The predicted molar refractivity (Wildman–Crippen MR) is 112 cm³/mol. The van der Waals surface area contributed by atoms with Gasteiger partial charge in [0.05, 0.1) is 0 Å². The van der Waals surface area contributed by atoms with Crippen molar-refractivity contribution >= 4 is 5.91 Å². The van der Waals surface area contributed by atoms with Gasteiger partial charge in [0.1, 0.15) is 5.82 Å². The second-order valence-corrected chi connectivity index (χ2v) is 9.31. The number of carbonyl (C=O) groups excluding carboxylic acids is 1. The number of rotatable bonds is 4. The van der Waals surface area contributed by atoms with Crippen LogP contribution in [0, 0.1) is 17.7 Å². The predicted octanol–water partition coefficient (Wildman–Crippen LogP) is 3.45. The van der Waals surface area contributed by atoms with Gasteiger partial charge in [0.2, 0.25) is 0 Å². The van der Waals surface area contributed by atoms with Gasteiger partial charge in [0.25, 0.3) is 5.91 Å². The minimum absolute atomic E-state index is 0.185. The second kappa shape index (κ2) is 8.19. The lowest BCUT2D eigenvalue weighted by atomic mass is 9.68. The average Bonchev–Trinajstić information content (AvgIpc) is 2.74. The Hall–Kier alpha value is -1.72. The van der Waals surface area contributed by atoms with E-state index in [9.17, 15) is 9.18 Å². The van der Waals surface area contributed by atoms with E-state index in [1.807, 2.05) is 0 Å². The summed E-state index contributed by atoms with van der Waals surface area (Å²) in [4.78, 5) is 17.7. The summed E-state index contributed by atoms with van der Waals surface area (Å²) in [6.45, 7) is 5.12. The van der Waals surface area contributed by atoms with E-state index in [0.29, 0.717) is 18.2 Å². The molecule has 2 bridgehead atoms. The number of fused-ring (bicyclic) bond motifs is 6. The standard InChI is InChI=1S/C24H32FN3O/c25-21-7-3-5-18(15-21)24(29)26-9-12-27-11-4-6-17-13-19-14-20(23(17)27)16-28-10-2-1-8-22(19)28/h3,5,7,13,15,19-20,22-23H,1-2,4,6,8-12,14,16H2,(H,26,29)/t19-,20+,22-,23-/m1/s1. The van der Waals surface area contributed by atoms with Crippen LogP contribution in [0.5, 0.6) is 0 Å². The second-order valence-electron chi connectivity index (χ2n) is 9.31. The first-order valence-corrected chi connectivity index (χ1v) is 11.4. The molecule has 3 fully saturated rings. The molecule has 4 atom stereocenters. The van der Waals surface area contributed by atoms with E-state index < -0.39 is 0 Å². The highest BCUT2D eigenvalue weighted by molar-refractivity contribution is 5.94. The Kier molecular flexibility index (Phi) is 5.44. The van der Waals surface area contributed by atoms with Crippen molar-refractivity contribution < 1.29 is 9.18 Å². The van der Waals surface area contributed by atoms with Gasteiger partial charge in [-0.25, -0.2) is 4.39 Å². The third-order valence-corrected chi connectivity index (χ3v) is 7.53. The zero-order chi connectivity index (χ0) is 19.8. The maximum Gasteiger partial charge on any atom is 0.251 e. The molecule has 0 saturated carbocycles. The molecule has 3 heterocycles. The van der Waals surface area contributed by atoms with E-state index in [4.69, 9.17) is 0 Å². The maximum atomic E-state index is 13.4. The summed E-state index contributed by atoms with van der Waals surface area (Å²) in [6.07, 6.45) is 10.6. The zero-order valence-electron chi connectivity index (χ0n) is 17.2. The number of piperidine rings is 3. The van der Waals surface area contributed by atoms with Gasteiger partial charge in [-0.1, -0.05) is 24.1 Å². The molecule has 4 nitrogen and oxygen atoms in total. The molecule has 156 valence electrons. The molecule has 1 amide bonds. The van der Waals surface area contributed by atoms with Crippen LogP contribution in [-0.2, 0) is 0 Å². The van der Waals surface area contributed by atoms with Crippen LogP contribution in [-0.4, -0.2) is 60.5 Å². The first-order chi connectivity index (χ1) is 14.2. The summed E-state index contributed by atoms with van der Waals surface area (Å²) in [5, 5.41) is 2.99. The van der Waals surface area contributed by atoms with Crippen LogP contribution < -0.4 is 5.32 Å². The third-order valence-electron chi connectivity index (χ3n) is 7.53. The smallest absolute Gasteiger partial charge is 0.251 e. The van der Waals surface area contributed by atoms with Crippen LogP contribution in [0.3, 0.4) is 0 Å². The summed E-state index contributed by atoms with van der Waals surface area (Å²) >= 11 is 0. The van der Waals surface area contributed by atoms with E-state index in [2.05, 4.69) is 21.2 Å². The van der Waals surface area contributed by atoms with Crippen molar-refractivity contribution in [3.63, 3.8) is 0 Å². The van der Waals surface area contributed by atoms with Crippen molar-refractivity contribution in [1.29, 1.82) is 0 Å². The zero-order valence-corrected chi connectivity index (χ0v) is 17.2. The van der Waals surface area contributed by atoms with Gasteiger partial charge in [-0.15, -0.1) is 0 Å². The topological polar surface area (TPSA) is 35.6 Å². The van der Waals surface area contributed by atoms with E-state index in [0.717, 1.165) is 31.0 Å². The molecule has 0 spiro atoms. The minimum Gasteiger partial charge on any atom is -0.351 e. The number of hydrogen-bond donors (Lipinski definition) is 1. The maximum absolute atomic E-state index is 13.4. The van der Waals surface area contributed by atoms with Crippen LogP contribution in [0.1, 0.15) is 48.9 Å². The van der Waals surface area contributed by atoms with Crippen molar-refractivity contribution in [2.75, 3.05) is 32.7 Å². The molecule has 5 heteroatoms. The SMILES string of the molecule is O=C(NCCN1CCCC2=C[C@@H]3C[C@@H](CN4CCCC[C@H]34)[C@@H]21)c1cccc(F)c1. The number of nitrogens with zero attached hydrogens (tertiary/aromatic N) is 2. The highest BCUT2D eigenvalue weighted by atomic mass is 19.1. The van der Waals surface area contributed by atoms with Crippen LogP contribution in [0.4, 0.5) is 4.39 Å².